The average molecular weight is 339 g/mol. The second-order valence-corrected chi connectivity index (χ2v) is 6.23. The maximum Gasteiger partial charge on any atom is 0.160 e. The zero-order valence-corrected chi connectivity index (χ0v) is 13.5. The SMILES string of the molecule is CC(=O)c1ccc(N(C)Cc2scnc2C)cc1Br. The van der Waals surface area contributed by atoms with Gasteiger partial charge in [0.2, 0.25) is 0 Å². The van der Waals surface area contributed by atoms with E-state index in [0.717, 1.165) is 22.4 Å². The molecular formula is C14H15BrN2OS. The number of Topliss-reactive ketones (excluding diaryl/α,β-unsaturated/α-hetero) is 1. The highest BCUT2D eigenvalue weighted by Crippen LogP contribution is 2.26. The largest absolute Gasteiger partial charge is 0.369 e. The normalized spacial score (nSPS) is 10.5. The Labute approximate surface area is 125 Å². The topological polar surface area (TPSA) is 33.2 Å². The number of aryl methyl sites for hydroxylation is 1. The number of anilines is 1. The van der Waals surface area contributed by atoms with Crippen molar-refractivity contribution in [3.8, 4) is 0 Å². The van der Waals surface area contributed by atoms with E-state index in [2.05, 4.69) is 25.8 Å². The number of ketones is 1. The summed E-state index contributed by atoms with van der Waals surface area (Å²) >= 11 is 5.12. The van der Waals surface area contributed by atoms with Crippen LogP contribution in [0.1, 0.15) is 27.9 Å². The van der Waals surface area contributed by atoms with Crippen molar-refractivity contribution in [1.29, 1.82) is 0 Å². The van der Waals surface area contributed by atoms with Crippen molar-refractivity contribution in [2.24, 2.45) is 0 Å². The van der Waals surface area contributed by atoms with Crippen LogP contribution in [0.3, 0.4) is 0 Å². The lowest BCUT2D eigenvalue weighted by molar-refractivity contribution is 0.101. The van der Waals surface area contributed by atoms with Crippen LogP contribution >= 0.6 is 27.3 Å². The van der Waals surface area contributed by atoms with Crippen LogP contribution in [0, 0.1) is 6.92 Å². The van der Waals surface area contributed by atoms with Gasteiger partial charge in [0.1, 0.15) is 0 Å². The van der Waals surface area contributed by atoms with Crippen molar-refractivity contribution in [2.75, 3.05) is 11.9 Å². The van der Waals surface area contributed by atoms with Crippen molar-refractivity contribution in [2.45, 2.75) is 20.4 Å². The van der Waals surface area contributed by atoms with Crippen molar-refractivity contribution in [1.82, 2.24) is 4.98 Å². The molecule has 0 aliphatic rings. The summed E-state index contributed by atoms with van der Waals surface area (Å²) < 4.78 is 0.838. The number of halogens is 1. The van der Waals surface area contributed by atoms with Crippen LogP contribution in [-0.4, -0.2) is 17.8 Å². The minimum atomic E-state index is 0.0689. The lowest BCUT2D eigenvalue weighted by Crippen LogP contribution is -2.16. The molecule has 0 saturated heterocycles. The first-order chi connectivity index (χ1) is 8.99. The second kappa shape index (κ2) is 5.84. The summed E-state index contributed by atoms with van der Waals surface area (Å²) in [7, 11) is 2.04. The van der Waals surface area contributed by atoms with Crippen molar-refractivity contribution in [3.63, 3.8) is 0 Å². The van der Waals surface area contributed by atoms with E-state index >= 15 is 0 Å². The Bertz CT molecular complexity index is 609. The van der Waals surface area contributed by atoms with Gasteiger partial charge < -0.3 is 4.90 Å². The number of aromatic nitrogens is 1. The lowest BCUT2D eigenvalue weighted by atomic mass is 10.1. The molecule has 0 aliphatic carbocycles. The Balaban J connectivity index is 2.20. The van der Waals surface area contributed by atoms with Gasteiger partial charge in [0.25, 0.3) is 0 Å². The van der Waals surface area contributed by atoms with Crippen LogP contribution in [0.2, 0.25) is 0 Å². The van der Waals surface area contributed by atoms with Gasteiger partial charge in [-0.1, -0.05) is 0 Å². The molecule has 19 heavy (non-hydrogen) atoms. The molecule has 0 unspecified atom stereocenters. The van der Waals surface area contributed by atoms with E-state index in [1.807, 2.05) is 37.7 Å². The standard InChI is InChI=1S/C14H15BrN2OS/c1-9-14(19-8-16-9)7-17(3)11-4-5-12(10(2)18)13(15)6-11/h4-6,8H,7H2,1-3H3. The molecule has 2 rings (SSSR count). The predicted octanol–water partition coefficient (Wildman–Crippen LogP) is 4.05. The van der Waals surface area contributed by atoms with E-state index in [1.165, 1.54) is 4.88 Å². The van der Waals surface area contributed by atoms with Gasteiger partial charge in [-0.3, -0.25) is 4.79 Å². The minimum absolute atomic E-state index is 0.0689. The molecular weight excluding hydrogens is 324 g/mol. The predicted molar refractivity (Wildman–Crippen MR) is 83.1 cm³/mol. The molecule has 0 saturated carbocycles. The summed E-state index contributed by atoms with van der Waals surface area (Å²) in [5.41, 5.74) is 4.74. The summed E-state index contributed by atoms with van der Waals surface area (Å²) in [5, 5.41) is 0. The molecule has 0 atom stereocenters. The molecule has 0 radical (unpaired) electrons. The van der Waals surface area contributed by atoms with Crippen LogP contribution in [0.25, 0.3) is 0 Å². The number of hydrogen-bond donors (Lipinski definition) is 0. The molecule has 2 aromatic rings. The quantitative estimate of drug-likeness (QED) is 0.788. The fraction of sp³-hybridized carbons (Fsp3) is 0.286. The zero-order valence-electron chi connectivity index (χ0n) is 11.1. The fourth-order valence-electron chi connectivity index (χ4n) is 1.81. The summed E-state index contributed by atoms with van der Waals surface area (Å²) in [6, 6.07) is 5.81. The Kier molecular flexibility index (Phi) is 4.37. The van der Waals surface area contributed by atoms with E-state index in [4.69, 9.17) is 0 Å². The molecule has 1 aromatic carbocycles. The first-order valence-electron chi connectivity index (χ1n) is 5.89. The Morgan fingerprint density at radius 2 is 2.21 bits per heavy atom. The van der Waals surface area contributed by atoms with Crippen molar-refractivity contribution >= 4 is 38.7 Å². The molecule has 0 spiro atoms. The first-order valence-corrected chi connectivity index (χ1v) is 7.57. The molecule has 0 N–H and O–H groups in total. The average Bonchev–Trinajstić information content (AvgIpc) is 2.74. The van der Waals surface area contributed by atoms with Gasteiger partial charge in [0.05, 0.1) is 17.7 Å². The highest BCUT2D eigenvalue weighted by Gasteiger charge is 2.10. The summed E-state index contributed by atoms with van der Waals surface area (Å²) in [6.45, 7) is 4.42. The number of carbonyl (C=O) groups is 1. The third-order valence-electron chi connectivity index (χ3n) is 3.00. The van der Waals surface area contributed by atoms with Gasteiger partial charge in [-0.25, -0.2) is 4.98 Å². The van der Waals surface area contributed by atoms with E-state index in [1.54, 1.807) is 18.3 Å². The molecule has 5 heteroatoms. The Morgan fingerprint density at radius 3 is 2.74 bits per heavy atom. The summed E-state index contributed by atoms with van der Waals surface area (Å²) in [6.07, 6.45) is 0. The van der Waals surface area contributed by atoms with Crippen molar-refractivity contribution in [3.05, 3.63) is 44.3 Å². The van der Waals surface area contributed by atoms with Gasteiger partial charge in [0.15, 0.2) is 5.78 Å². The number of rotatable bonds is 4. The molecule has 3 nitrogen and oxygen atoms in total. The molecule has 0 bridgehead atoms. The van der Waals surface area contributed by atoms with Gasteiger partial charge in [-0.2, -0.15) is 0 Å². The molecule has 100 valence electrons. The smallest absolute Gasteiger partial charge is 0.160 e. The Hall–Kier alpha value is -1.20. The molecule has 0 amide bonds. The zero-order chi connectivity index (χ0) is 14.0. The molecule has 0 aliphatic heterocycles. The fourth-order valence-corrected chi connectivity index (χ4v) is 3.29. The third kappa shape index (κ3) is 3.22. The van der Waals surface area contributed by atoms with Crippen LogP contribution in [0.5, 0.6) is 0 Å². The van der Waals surface area contributed by atoms with E-state index in [9.17, 15) is 4.79 Å². The molecule has 1 aromatic heterocycles. The first kappa shape index (κ1) is 14.2. The lowest BCUT2D eigenvalue weighted by Gasteiger charge is -2.19. The van der Waals surface area contributed by atoms with E-state index < -0.39 is 0 Å². The number of carbonyl (C=O) groups excluding carboxylic acids is 1. The van der Waals surface area contributed by atoms with E-state index in [0.29, 0.717) is 5.56 Å². The summed E-state index contributed by atoms with van der Waals surface area (Å²) in [4.78, 5) is 19.1. The van der Waals surface area contributed by atoms with Crippen molar-refractivity contribution < 1.29 is 4.79 Å². The third-order valence-corrected chi connectivity index (χ3v) is 4.57. The van der Waals surface area contributed by atoms with Crippen LogP contribution in [-0.2, 0) is 6.54 Å². The van der Waals surface area contributed by atoms with Gasteiger partial charge in [-0.05, 0) is 48.0 Å². The Morgan fingerprint density at radius 1 is 1.47 bits per heavy atom. The molecule has 0 fully saturated rings. The van der Waals surface area contributed by atoms with Gasteiger partial charge >= 0.3 is 0 Å². The van der Waals surface area contributed by atoms with E-state index in [-0.39, 0.29) is 5.78 Å². The van der Waals surface area contributed by atoms with Gasteiger partial charge in [-0.15, -0.1) is 11.3 Å². The summed E-state index contributed by atoms with van der Waals surface area (Å²) in [5.74, 6) is 0.0689. The van der Waals surface area contributed by atoms with Gasteiger partial charge in [0, 0.05) is 27.6 Å². The molecule has 1 heterocycles. The maximum absolute atomic E-state index is 11.4. The number of benzene rings is 1. The number of hydrogen-bond acceptors (Lipinski definition) is 4. The minimum Gasteiger partial charge on any atom is -0.369 e. The highest BCUT2D eigenvalue weighted by atomic mass is 79.9. The number of nitrogens with zero attached hydrogens (tertiary/aromatic N) is 2. The maximum atomic E-state index is 11.4. The van der Waals surface area contributed by atoms with Crippen LogP contribution in [0.15, 0.2) is 28.2 Å². The van der Waals surface area contributed by atoms with Crippen LogP contribution < -0.4 is 4.90 Å². The monoisotopic (exact) mass is 338 g/mol. The second-order valence-electron chi connectivity index (χ2n) is 4.44. The van der Waals surface area contributed by atoms with Crippen LogP contribution in [0.4, 0.5) is 5.69 Å². The number of thiazole rings is 1. The highest BCUT2D eigenvalue weighted by molar-refractivity contribution is 9.10.